The average Bonchev–Trinajstić information content (AvgIpc) is 3.60. The number of amides is 2. The summed E-state index contributed by atoms with van der Waals surface area (Å²) in [4.78, 5) is 86.6. The van der Waals surface area contributed by atoms with Gasteiger partial charge in [0, 0.05) is 89.5 Å². The van der Waals surface area contributed by atoms with Crippen molar-refractivity contribution >= 4 is 111 Å². The van der Waals surface area contributed by atoms with E-state index in [2.05, 4.69) is 4.57 Å². The van der Waals surface area contributed by atoms with Gasteiger partial charge in [-0.05, 0) is 65.9 Å². The summed E-state index contributed by atoms with van der Waals surface area (Å²) in [6, 6.07) is 22.8. The van der Waals surface area contributed by atoms with Gasteiger partial charge in [-0.1, -0.05) is 16.7 Å². The molecule has 2 atom stereocenters. The average molecular weight is 1020 g/mol. The summed E-state index contributed by atoms with van der Waals surface area (Å²) in [5.74, 6) is -5.53. The van der Waals surface area contributed by atoms with Gasteiger partial charge in [0.15, 0.2) is 0 Å². The quantitative estimate of drug-likeness (QED) is 0.0532. The number of benzene rings is 4. The number of hydrogen-bond donors (Lipinski definition) is 2. The molecule has 0 saturated carbocycles. The van der Waals surface area contributed by atoms with Gasteiger partial charge in [0.2, 0.25) is 27.4 Å². The summed E-state index contributed by atoms with van der Waals surface area (Å²) >= 11 is 0. The highest BCUT2D eigenvalue weighted by atomic mass is 31.1. The zero-order valence-corrected chi connectivity index (χ0v) is 40.7. The fraction of sp³-hybridized carbons (Fsp3) is 0.340. The van der Waals surface area contributed by atoms with Gasteiger partial charge in [0.25, 0.3) is 17.1 Å². The fourth-order valence-corrected chi connectivity index (χ4v) is 9.15. The van der Waals surface area contributed by atoms with E-state index in [1.165, 1.54) is 0 Å². The number of carbonyl (C=O) groups excluding carboxylic acids is 4. The zero-order valence-electron chi connectivity index (χ0n) is 39.9. The molecule has 4 aromatic carbocycles. The molecule has 6 aromatic rings. The van der Waals surface area contributed by atoms with E-state index in [1.54, 1.807) is 12.1 Å². The van der Waals surface area contributed by atoms with Crippen LogP contribution in [-0.4, -0.2) is 86.3 Å². The van der Waals surface area contributed by atoms with Crippen LogP contribution in [0.5, 0.6) is 0 Å². The van der Waals surface area contributed by atoms with E-state index in [0.29, 0.717) is 47.1 Å². The predicted octanol–water partition coefficient (Wildman–Crippen LogP) is 4.53. The standard InChI is InChI=1S/C24H25N3O6P.C20H21N2O4P.C2HF3O2.CH3F/c1-15-6-8-17-19(13-15)26(12-4-5-23(30)33-27-21(28)10-11-22(27)29)20-14-16(25(2)3)7-9-18(20)24(17)34(31)32;1-13-6-8-15-17(11-13)22(10-4-5-19(23)24)18-12-14(21(2)3)7-9-16(18)20(15)27(25)26;3-2(4,5)1(6)7;1-2/h6-9,13-14H,4-5,10-12H2,1-3H3;6-9,11-12H,4-5,10H2,1-3H3;(H,6,7);1H3/q+1;;;/p+1/i;;;1D. The lowest BCUT2D eigenvalue weighted by atomic mass is 10.1. The molecule has 0 bridgehead atoms. The third-order valence-corrected chi connectivity index (χ3v) is 12.5. The lowest BCUT2D eigenvalue weighted by molar-refractivity contribution is -0.645. The molecular weight excluding hydrogens is 964 g/mol. The molecule has 17 nitrogen and oxygen atoms in total. The minimum absolute atomic E-state index is 0.0101. The lowest BCUT2D eigenvalue weighted by Gasteiger charge is -2.14. The first-order chi connectivity index (χ1) is 33.3. The minimum Gasteiger partial charge on any atom is -0.591 e. The van der Waals surface area contributed by atoms with Gasteiger partial charge < -0.3 is 34.5 Å². The minimum atomic E-state index is -5.19. The zero-order chi connectivity index (χ0) is 53.1. The van der Waals surface area contributed by atoms with Crippen molar-refractivity contribution in [2.45, 2.75) is 71.6 Å². The Morgan fingerprint density at radius 1 is 0.743 bits per heavy atom. The first-order valence-electron chi connectivity index (χ1n) is 21.9. The van der Waals surface area contributed by atoms with Crippen LogP contribution in [0.4, 0.5) is 28.9 Å². The number of imide groups is 1. The monoisotopic (exact) mass is 1020 g/mol. The molecule has 372 valence electrons. The molecule has 0 aliphatic carbocycles. The van der Waals surface area contributed by atoms with Crippen LogP contribution in [-0.2, 0) is 51.0 Å². The molecule has 70 heavy (non-hydrogen) atoms. The van der Waals surface area contributed by atoms with Crippen molar-refractivity contribution in [1.82, 2.24) is 5.06 Å². The van der Waals surface area contributed by atoms with E-state index in [-0.39, 0.29) is 31.0 Å². The smallest absolute Gasteiger partial charge is 0.547 e. The predicted molar refractivity (Wildman–Crippen MR) is 250 cm³/mol. The van der Waals surface area contributed by atoms with Crippen molar-refractivity contribution in [3.63, 3.8) is 0 Å². The molecule has 2 N–H and O–H groups in total. The van der Waals surface area contributed by atoms with Crippen LogP contribution in [0.15, 0.2) is 72.8 Å². The van der Waals surface area contributed by atoms with Crippen molar-refractivity contribution in [1.29, 1.82) is 0 Å². The van der Waals surface area contributed by atoms with E-state index >= 15 is 0 Å². The SMILES string of the molecule is Cc1ccc2c([P+](=O)O)c3ccc(N(C)C)cc3[n+](CCCC(=O)O)c2c1.Cc1ccc2c([P+](=O)[O-])c3ccc(N(C)C)cc3[n+](CCCC(=O)ON3C(=O)CCC3=O)c2c1.O=C([O-])C(F)(F)F.[2H]CF. The maximum atomic E-state index is 12.3. The number of aromatic nitrogens is 2. The number of hydroxylamine groups is 2. The van der Waals surface area contributed by atoms with Crippen molar-refractivity contribution in [3.05, 3.63) is 83.9 Å². The topological polar surface area (TPSA) is 233 Å². The van der Waals surface area contributed by atoms with E-state index in [4.69, 9.17) is 21.2 Å². The van der Waals surface area contributed by atoms with Gasteiger partial charge in [-0.15, -0.1) is 5.06 Å². The van der Waals surface area contributed by atoms with E-state index in [1.807, 2.05) is 117 Å². The third-order valence-electron chi connectivity index (χ3n) is 10.8. The van der Waals surface area contributed by atoms with Crippen LogP contribution in [0, 0.1) is 13.8 Å². The molecular formula is C47H51F4N5O12P2+2. The van der Waals surface area contributed by atoms with Crippen molar-refractivity contribution in [3.8, 4) is 0 Å². The number of aryl methyl sites for hydroxylation is 4. The Labute approximate surface area is 402 Å². The van der Waals surface area contributed by atoms with Crippen LogP contribution in [0.3, 0.4) is 0 Å². The highest BCUT2D eigenvalue weighted by Gasteiger charge is 2.34. The second-order valence-electron chi connectivity index (χ2n) is 16.2. The molecule has 1 aliphatic rings. The summed E-state index contributed by atoms with van der Waals surface area (Å²) in [6.45, 7) is 4.82. The highest BCUT2D eigenvalue weighted by Crippen LogP contribution is 2.30. The largest absolute Gasteiger partial charge is 0.591 e. The third kappa shape index (κ3) is 13.5. The summed E-state index contributed by atoms with van der Waals surface area (Å²) in [5, 5.41) is 21.7. The number of carboxylic acid groups (broad SMARTS) is 2. The van der Waals surface area contributed by atoms with Crippen molar-refractivity contribution in [2.24, 2.45) is 0 Å². The van der Waals surface area contributed by atoms with Crippen LogP contribution >= 0.6 is 16.1 Å². The Kier molecular flexibility index (Phi) is 18.7. The summed E-state index contributed by atoms with van der Waals surface area (Å²) in [7, 11) is 1.30. The number of pyridine rings is 2. The number of carbonyl (C=O) groups is 5. The fourth-order valence-electron chi connectivity index (χ4n) is 7.58. The maximum Gasteiger partial charge on any atom is 0.547 e. The molecule has 7 rings (SSSR count). The Hall–Kier alpha value is -6.79. The summed E-state index contributed by atoms with van der Waals surface area (Å²) in [6.07, 6.45) is -4.19. The number of fused-ring (bicyclic) bond motifs is 4. The number of carboxylic acids is 2. The normalized spacial score (nSPS) is 12.9. The maximum absolute atomic E-state index is 12.3. The van der Waals surface area contributed by atoms with Crippen molar-refractivity contribution < 1.29 is 86.0 Å². The molecule has 3 heterocycles. The number of anilines is 2. The summed E-state index contributed by atoms with van der Waals surface area (Å²) in [5.41, 5.74) is 7.05. The van der Waals surface area contributed by atoms with Gasteiger partial charge in [0.1, 0.15) is 40.6 Å². The number of hydrogen-bond acceptors (Lipinski definition) is 12. The lowest BCUT2D eigenvalue weighted by Crippen LogP contribution is -2.38. The Bertz CT molecular complexity index is 3030. The number of rotatable bonds is 13. The number of aliphatic carboxylic acids is 2. The van der Waals surface area contributed by atoms with Gasteiger partial charge >= 0.3 is 34.2 Å². The number of alkyl halides is 4. The highest BCUT2D eigenvalue weighted by molar-refractivity contribution is 7.48. The van der Waals surface area contributed by atoms with E-state index in [0.717, 1.165) is 55.3 Å². The molecule has 1 fully saturated rings. The van der Waals surface area contributed by atoms with Gasteiger partial charge in [-0.25, -0.2) is 4.79 Å². The molecule has 23 heteroatoms. The molecule has 1 saturated heterocycles. The molecule has 0 spiro atoms. The summed E-state index contributed by atoms with van der Waals surface area (Å²) < 4.78 is 75.6. The first-order valence-corrected chi connectivity index (χ1v) is 23.6. The van der Waals surface area contributed by atoms with Gasteiger partial charge in [-0.2, -0.15) is 27.2 Å². The van der Waals surface area contributed by atoms with Gasteiger partial charge in [0.05, 0.1) is 21.4 Å². The van der Waals surface area contributed by atoms with Crippen molar-refractivity contribution in [2.75, 3.05) is 45.1 Å². The van der Waals surface area contributed by atoms with E-state index in [9.17, 15) is 55.7 Å². The van der Waals surface area contributed by atoms with Gasteiger partial charge in [-0.3, -0.25) is 18.8 Å². The molecule has 2 unspecified atom stereocenters. The molecule has 1 aliphatic heterocycles. The Balaban J connectivity index is 0.000000264. The second kappa shape index (κ2) is 24.2. The second-order valence-corrected chi connectivity index (χ2v) is 18.1. The molecule has 0 radical (unpaired) electrons. The first kappa shape index (κ1) is 54.2. The Morgan fingerprint density at radius 3 is 1.47 bits per heavy atom. The van der Waals surface area contributed by atoms with Crippen LogP contribution in [0.2, 0.25) is 0 Å². The molecule has 2 aromatic heterocycles. The van der Waals surface area contributed by atoms with Crippen LogP contribution < -0.4 is 39.5 Å². The van der Waals surface area contributed by atoms with E-state index < -0.39 is 59.1 Å². The van der Waals surface area contributed by atoms with Crippen LogP contribution in [0.25, 0.3) is 43.6 Å². The number of halogens is 4. The Morgan fingerprint density at radius 2 is 1.11 bits per heavy atom. The van der Waals surface area contributed by atoms with Crippen LogP contribution in [0.1, 0.15) is 51.0 Å². The number of nitrogens with zero attached hydrogens (tertiary/aromatic N) is 5. The molecule has 2 amide bonds.